The first-order valence-electron chi connectivity index (χ1n) is 13.3. The molecule has 0 saturated carbocycles. The SMILES string of the molecule is COc1c(NC(=O)c2ccc(C)c(N3C=C(c4cnn(C(C)C)c4C)NN3)c2)cc(C(C)(C)C)cc1NS(C)(=O)=O. The number of sulfonamides is 1. The molecule has 1 aliphatic heterocycles. The fourth-order valence-corrected chi connectivity index (χ4v) is 5.20. The molecular weight excluding hydrogens is 542 g/mol. The Morgan fingerprint density at radius 3 is 2.37 bits per heavy atom. The molecule has 2 heterocycles. The first kappa shape index (κ1) is 29.9. The standard InChI is InChI=1S/C29H39N7O4S/c1-17(2)36-19(4)22(15-30-36)25-16-35(34-32-25)26-12-20(11-10-18(26)3)28(37)31-23-13-21(29(5,6)7)14-24(27(23)40-8)33-41(9,38)39/h10-17,32-34H,1-9H3,(H,31,37). The number of amides is 1. The molecule has 0 atom stereocenters. The van der Waals surface area contributed by atoms with E-state index in [2.05, 4.69) is 39.9 Å². The average molecular weight is 582 g/mol. The van der Waals surface area contributed by atoms with Crippen LogP contribution < -0.4 is 30.7 Å². The van der Waals surface area contributed by atoms with E-state index >= 15 is 0 Å². The molecule has 0 unspecified atom stereocenters. The number of rotatable bonds is 8. The van der Waals surface area contributed by atoms with E-state index in [9.17, 15) is 13.2 Å². The lowest BCUT2D eigenvalue weighted by Gasteiger charge is -2.24. The van der Waals surface area contributed by atoms with E-state index in [-0.39, 0.29) is 28.8 Å². The summed E-state index contributed by atoms with van der Waals surface area (Å²) in [6.07, 6.45) is 4.83. The molecule has 0 radical (unpaired) electrons. The molecule has 11 nitrogen and oxygen atoms in total. The number of anilines is 3. The van der Waals surface area contributed by atoms with Crippen molar-refractivity contribution in [1.29, 1.82) is 0 Å². The largest absolute Gasteiger partial charge is 0.492 e. The van der Waals surface area contributed by atoms with Crippen molar-refractivity contribution in [2.75, 3.05) is 28.4 Å². The number of benzene rings is 2. The summed E-state index contributed by atoms with van der Waals surface area (Å²) >= 11 is 0. The van der Waals surface area contributed by atoms with Crippen LogP contribution in [0.3, 0.4) is 0 Å². The number of carbonyl (C=O) groups is 1. The van der Waals surface area contributed by atoms with Gasteiger partial charge >= 0.3 is 0 Å². The molecule has 41 heavy (non-hydrogen) atoms. The minimum absolute atomic E-state index is 0.222. The van der Waals surface area contributed by atoms with E-state index < -0.39 is 10.0 Å². The maximum atomic E-state index is 13.5. The van der Waals surface area contributed by atoms with Crippen LogP contribution in [-0.2, 0) is 15.4 Å². The summed E-state index contributed by atoms with van der Waals surface area (Å²) in [6.45, 7) is 14.2. The van der Waals surface area contributed by atoms with Crippen molar-refractivity contribution >= 4 is 38.7 Å². The van der Waals surface area contributed by atoms with Gasteiger partial charge < -0.3 is 15.5 Å². The fraction of sp³-hybridized carbons (Fsp3) is 0.379. The van der Waals surface area contributed by atoms with Crippen LogP contribution in [0, 0.1) is 13.8 Å². The topological polar surface area (TPSA) is 130 Å². The molecule has 4 N–H and O–H groups in total. The molecule has 12 heteroatoms. The van der Waals surface area contributed by atoms with Gasteiger partial charge in [-0.1, -0.05) is 26.8 Å². The van der Waals surface area contributed by atoms with Crippen LogP contribution in [0.4, 0.5) is 17.1 Å². The lowest BCUT2D eigenvalue weighted by atomic mass is 9.86. The Hall–Kier alpha value is -4.03. The van der Waals surface area contributed by atoms with Crippen LogP contribution in [0.2, 0.25) is 0 Å². The van der Waals surface area contributed by atoms with Crippen LogP contribution in [0.15, 0.2) is 42.7 Å². The Morgan fingerprint density at radius 1 is 1.10 bits per heavy atom. The number of hydrazine groups is 2. The highest BCUT2D eigenvalue weighted by Crippen LogP contribution is 2.39. The molecule has 1 aliphatic rings. The van der Waals surface area contributed by atoms with Crippen molar-refractivity contribution in [3.05, 3.63) is 70.7 Å². The second-order valence-corrected chi connectivity index (χ2v) is 13.3. The van der Waals surface area contributed by atoms with Gasteiger partial charge in [0, 0.05) is 29.1 Å². The fourth-order valence-electron chi connectivity index (χ4n) is 4.64. The number of nitrogens with one attached hydrogen (secondary N) is 4. The molecule has 0 saturated heterocycles. The number of aromatic nitrogens is 2. The number of hydrogen-bond acceptors (Lipinski definition) is 8. The first-order valence-corrected chi connectivity index (χ1v) is 15.2. The molecule has 0 bridgehead atoms. The number of hydrogen-bond donors (Lipinski definition) is 4. The molecule has 1 amide bonds. The van der Waals surface area contributed by atoms with E-state index in [4.69, 9.17) is 4.74 Å². The van der Waals surface area contributed by atoms with E-state index in [0.717, 1.165) is 40.0 Å². The van der Waals surface area contributed by atoms with E-state index in [1.165, 1.54) is 7.11 Å². The third-order valence-corrected chi connectivity index (χ3v) is 7.42. The lowest BCUT2D eigenvalue weighted by molar-refractivity contribution is 0.102. The van der Waals surface area contributed by atoms with Crippen molar-refractivity contribution in [1.82, 2.24) is 20.7 Å². The summed E-state index contributed by atoms with van der Waals surface area (Å²) in [5.74, 6) is -0.147. The maximum Gasteiger partial charge on any atom is 0.255 e. The zero-order chi connectivity index (χ0) is 30.3. The van der Waals surface area contributed by atoms with Gasteiger partial charge in [-0.3, -0.25) is 19.2 Å². The summed E-state index contributed by atoms with van der Waals surface area (Å²) in [5, 5.41) is 9.25. The van der Waals surface area contributed by atoms with Gasteiger partial charge in [-0.15, -0.1) is 5.53 Å². The highest BCUT2D eigenvalue weighted by Gasteiger charge is 2.24. The highest BCUT2D eigenvalue weighted by atomic mass is 32.2. The summed E-state index contributed by atoms with van der Waals surface area (Å²) in [6, 6.07) is 9.18. The number of aryl methyl sites for hydroxylation is 1. The minimum Gasteiger partial charge on any atom is -0.492 e. The maximum absolute atomic E-state index is 13.5. The van der Waals surface area contributed by atoms with Gasteiger partial charge in [-0.25, -0.2) is 8.42 Å². The molecule has 2 aromatic carbocycles. The molecule has 0 fully saturated rings. The van der Waals surface area contributed by atoms with Gasteiger partial charge in [0.05, 0.1) is 42.3 Å². The van der Waals surface area contributed by atoms with Gasteiger partial charge in [0.15, 0.2) is 5.75 Å². The molecular formula is C29H39N7O4S. The predicted molar refractivity (Wildman–Crippen MR) is 163 cm³/mol. The quantitative estimate of drug-likeness (QED) is 0.298. The van der Waals surface area contributed by atoms with Crippen molar-refractivity contribution < 1.29 is 17.9 Å². The Morgan fingerprint density at radius 2 is 1.78 bits per heavy atom. The van der Waals surface area contributed by atoms with Crippen molar-refractivity contribution in [3.8, 4) is 5.75 Å². The van der Waals surface area contributed by atoms with Crippen LogP contribution in [0.1, 0.15) is 73.4 Å². The van der Waals surface area contributed by atoms with Gasteiger partial charge in [0.1, 0.15) is 0 Å². The van der Waals surface area contributed by atoms with Crippen molar-refractivity contribution in [2.24, 2.45) is 0 Å². The van der Waals surface area contributed by atoms with Crippen LogP contribution in [-0.4, -0.2) is 37.5 Å². The number of carbonyl (C=O) groups excluding carboxylic acids is 1. The Bertz CT molecular complexity index is 1620. The zero-order valence-electron chi connectivity index (χ0n) is 25.0. The predicted octanol–water partition coefficient (Wildman–Crippen LogP) is 4.84. The van der Waals surface area contributed by atoms with Gasteiger partial charge in [0.25, 0.3) is 5.91 Å². The Balaban J connectivity index is 1.66. The lowest BCUT2D eigenvalue weighted by Crippen LogP contribution is -2.36. The highest BCUT2D eigenvalue weighted by molar-refractivity contribution is 7.92. The monoisotopic (exact) mass is 581 g/mol. The van der Waals surface area contributed by atoms with Gasteiger partial charge in [-0.05, 0) is 68.5 Å². The van der Waals surface area contributed by atoms with Crippen LogP contribution in [0.5, 0.6) is 5.75 Å². The Kier molecular flexibility index (Phi) is 8.10. The average Bonchev–Trinajstić information content (AvgIpc) is 3.49. The third kappa shape index (κ3) is 6.49. The normalized spacial score (nSPS) is 13.7. The molecule has 4 rings (SSSR count). The molecule has 0 spiro atoms. The van der Waals surface area contributed by atoms with Crippen LogP contribution in [0.25, 0.3) is 5.70 Å². The molecule has 1 aromatic heterocycles. The van der Waals surface area contributed by atoms with Gasteiger partial charge in [0.2, 0.25) is 10.0 Å². The van der Waals surface area contributed by atoms with E-state index in [1.807, 2.05) is 62.8 Å². The summed E-state index contributed by atoms with van der Waals surface area (Å²) in [4.78, 5) is 13.5. The van der Waals surface area contributed by atoms with E-state index in [1.54, 1.807) is 24.3 Å². The van der Waals surface area contributed by atoms with Crippen LogP contribution >= 0.6 is 0 Å². The summed E-state index contributed by atoms with van der Waals surface area (Å²) in [7, 11) is -2.16. The molecule has 0 aliphatic carbocycles. The number of nitrogens with zero attached hydrogens (tertiary/aromatic N) is 3. The zero-order valence-corrected chi connectivity index (χ0v) is 25.8. The smallest absolute Gasteiger partial charge is 0.255 e. The Labute approximate surface area is 242 Å². The third-order valence-electron chi connectivity index (χ3n) is 6.83. The summed E-state index contributed by atoms with van der Waals surface area (Å²) < 4.78 is 34.2. The first-order chi connectivity index (χ1) is 19.1. The van der Waals surface area contributed by atoms with E-state index in [0.29, 0.717) is 11.3 Å². The minimum atomic E-state index is -3.59. The van der Waals surface area contributed by atoms with Crippen molar-refractivity contribution in [2.45, 2.75) is 59.9 Å². The second-order valence-electron chi connectivity index (χ2n) is 11.5. The number of methoxy groups -OCH3 is 1. The molecule has 3 aromatic rings. The summed E-state index contributed by atoms with van der Waals surface area (Å²) in [5.41, 5.74) is 12.5. The second kappa shape index (κ2) is 11.1. The number of ether oxygens (including phenoxy) is 1. The van der Waals surface area contributed by atoms with Crippen molar-refractivity contribution in [3.63, 3.8) is 0 Å². The molecule has 220 valence electrons. The van der Waals surface area contributed by atoms with Gasteiger partial charge in [-0.2, -0.15) is 5.10 Å².